The smallest absolute Gasteiger partial charge is 0.401 e. The lowest BCUT2D eigenvalue weighted by atomic mass is 11.6. The van der Waals surface area contributed by atoms with E-state index in [1.807, 2.05) is 0 Å². The topological polar surface area (TPSA) is 54.4 Å². The van der Waals surface area contributed by atoms with Crippen LogP contribution in [-0.2, 0) is 0 Å². The highest BCUT2D eigenvalue weighted by Crippen LogP contribution is 1.81. The van der Waals surface area contributed by atoms with E-state index in [-0.39, 0.29) is 0 Å². The Morgan fingerprint density at radius 2 is 1.38 bits per heavy atom. The molecule has 0 rings (SSSR count). The molecular formula is C2H3ClO3S2. The molecule has 0 unspecified atom stereocenters. The molecule has 48 valence electrons. The molecule has 0 aliphatic heterocycles. The number of thiol groups is 2. The summed E-state index contributed by atoms with van der Waals surface area (Å²) in [6, 6.07) is 0. The van der Waals surface area contributed by atoms with E-state index in [4.69, 9.17) is 9.90 Å². The van der Waals surface area contributed by atoms with Crippen molar-refractivity contribution < 1.29 is 14.7 Å². The molecule has 0 spiro atoms. The molecule has 6 heteroatoms. The second kappa shape index (κ2) is 7.13. The molecule has 0 aromatic heterocycles. The van der Waals surface area contributed by atoms with Gasteiger partial charge in [-0.05, 0) is 0 Å². The second-order valence-corrected chi connectivity index (χ2v) is 2.02. The van der Waals surface area contributed by atoms with E-state index >= 15 is 0 Å². The molecule has 0 atom stereocenters. The van der Waals surface area contributed by atoms with Gasteiger partial charge >= 0.3 is 5.43 Å². The molecule has 0 saturated heterocycles. The molecule has 0 saturated carbocycles. The van der Waals surface area contributed by atoms with Crippen LogP contribution in [0.4, 0.5) is 9.59 Å². The number of carboxylic acid groups (broad SMARTS) is 1. The van der Waals surface area contributed by atoms with Crippen LogP contribution < -0.4 is 0 Å². The number of hydrogen-bond donors (Lipinski definition) is 3. The second-order valence-electron chi connectivity index (χ2n) is 0.536. The van der Waals surface area contributed by atoms with Crippen LogP contribution in [0.1, 0.15) is 0 Å². The van der Waals surface area contributed by atoms with Gasteiger partial charge in [0.25, 0.3) is 0 Å². The molecule has 0 aromatic rings. The average molecular weight is 175 g/mol. The zero-order chi connectivity index (χ0) is 7.15. The van der Waals surface area contributed by atoms with Gasteiger partial charge in [0.15, 0.2) is 0 Å². The molecule has 0 aliphatic carbocycles. The van der Waals surface area contributed by atoms with Crippen molar-refractivity contribution in [2.45, 2.75) is 0 Å². The molecule has 1 N–H and O–H groups in total. The molecule has 3 nitrogen and oxygen atoms in total. The summed E-state index contributed by atoms with van der Waals surface area (Å²) in [5.41, 5.74) is -1.36. The van der Waals surface area contributed by atoms with Gasteiger partial charge in [0.2, 0.25) is 4.45 Å². The van der Waals surface area contributed by atoms with Crippen molar-refractivity contribution >= 4 is 46.7 Å². The summed E-state index contributed by atoms with van der Waals surface area (Å²) >= 11 is 10.6. The Morgan fingerprint density at radius 3 is 1.38 bits per heavy atom. The van der Waals surface area contributed by atoms with Crippen molar-refractivity contribution in [1.29, 1.82) is 0 Å². The normalized spacial score (nSPS) is 6.38. The van der Waals surface area contributed by atoms with Gasteiger partial charge in [0.1, 0.15) is 0 Å². The third-order valence-corrected chi connectivity index (χ3v) is 0. The number of rotatable bonds is 0. The quantitative estimate of drug-likeness (QED) is 0.388. The Labute approximate surface area is 61.8 Å². The van der Waals surface area contributed by atoms with Gasteiger partial charge in [0, 0.05) is 11.6 Å². The lowest BCUT2D eigenvalue weighted by molar-refractivity contribution is 0.220. The van der Waals surface area contributed by atoms with Crippen molar-refractivity contribution in [3.05, 3.63) is 0 Å². The van der Waals surface area contributed by atoms with Crippen LogP contribution >= 0.6 is 36.9 Å². The lowest BCUT2D eigenvalue weighted by Crippen LogP contribution is -1.66. The highest BCUT2D eigenvalue weighted by atomic mass is 35.5. The maximum absolute atomic E-state index is 9.17. The van der Waals surface area contributed by atoms with Gasteiger partial charge in [-0.15, -0.1) is 0 Å². The van der Waals surface area contributed by atoms with Gasteiger partial charge in [-0.25, -0.2) is 4.79 Å². The Kier molecular flexibility index (Phi) is 9.80. The van der Waals surface area contributed by atoms with Gasteiger partial charge < -0.3 is 5.11 Å². The fraction of sp³-hybridized carbons (Fsp3) is 0. The molecule has 0 radical (unpaired) electrons. The fourth-order valence-corrected chi connectivity index (χ4v) is 0. The molecule has 0 heterocycles. The van der Waals surface area contributed by atoms with Crippen molar-refractivity contribution in [3.8, 4) is 0 Å². The van der Waals surface area contributed by atoms with Crippen LogP contribution in [0.15, 0.2) is 0 Å². The first-order chi connectivity index (χ1) is 3.46. The molecule has 0 aromatic carbocycles. The maximum atomic E-state index is 9.17. The number of halogens is 1. The largest absolute Gasteiger partial charge is 0.469 e. The first-order valence-corrected chi connectivity index (χ1v) is 2.54. The summed E-state index contributed by atoms with van der Waals surface area (Å²) in [4.78, 5) is 17.9. The number of carbonyl (C=O) groups is 2. The predicted molar refractivity (Wildman–Crippen MR) is 37.2 cm³/mol. The van der Waals surface area contributed by atoms with Crippen LogP contribution in [0.25, 0.3) is 0 Å². The SMILES string of the molecule is O=C(O)Cl.O=C(S)S. The minimum absolute atomic E-state index is 0.444. The van der Waals surface area contributed by atoms with Crippen LogP contribution in [-0.4, -0.2) is 15.0 Å². The summed E-state index contributed by atoms with van der Waals surface area (Å²) < 4.78 is -0.444. The Balaban J connectivity index is 0. The van der Waals surface area contributed by atoms with E-state index in [0.717, 1.165) is 0 Å². The molecular weight excluding hydrogens is 172 g/mol. The lowest BCUT2D eigenvalue weighted by Gasteiger charge is -1.55. The third kappa shape index (κ3) is 9550. The van der Waals surface area contributed by atoms with E-state index in [1.165, 1.54) is 0 Å². The molecule has 0 aliphatic rings. The van der Waals surface area contributed by atoms with Crippen LogP contribution in [0, 0.1) is 0 Å². The molecule has 0 fully saturated rings. The van der Waals surface area contributed by atoms with E-state index in [9.17, 15) is 4.79 Å². The summed E-state index contributed by atoms with van der Waals surface area (Å²) in [7, 11) is 0. The zero-order valence-electron chi connectivity index (χ0n) is 3.54. The van der Waals surface area contributed by atoms with Gasteiger partial charge in [0.05, 0.1) is 0 Å². The van der Waals surface area contributed by atoms with E-state index in [1.54, 1.807) is 0 Å². The van der Waals surface area contributed by atoms with Crippen LogP contribution in [0.5, 0.6) is 0 Å². The van der Waals surface area contributed by atoms with Crippen molar-refractivity contribution in [1.82, 2.24) is 0 Å². The van der Waals surface area contributed by atoms with Gasteiger partial charge in [-0.3, -0.25) is 4.79 Å². The third-order valence-electron chi connectivity index (χ3n) is 0. The monoisotopic (exact) mass is 174 g/mol. The Bertz CT molecular complexity index is 73.3. The molecule has 0 bridgehead atoms. The Morgan fingerprint density at radius 1 is 1.38 bits per heavy atom. The minimum atomic E-state index is -1.36. The standard InChI is InChI=1S/CHClO2.CH2OS2/c2*2-1(3)4/h(H,3,4);(H2,2,3,4). The Hall–Kier alpha value is 0.130. The van der Waals surface area contributed by atoms with Gasteiger partial charge in [-0.1, -0.05) is 25.3 Å². The maximum Gasteiger partial charge on any atom is 0.401 e. The van der Waals surface area contributed by atoms with Gasteiger partial charge in [-0.2, -0.15) is 0 Å². The summed E-state index contributed by atoms with van der Waals surface area (Å²) in [5, 5.41) is 7.18. The fourth-order valence-electron chi connectivity index (χ4n) is 0. The number of hydrogen-bond acceptors (Lipinski definition) is 2. The zero-order valence-corrected chi connectivity index (χ0v) is 6.08. The van der Waals surface area contributed by atoms with Crippen molar-refractivity contribution in [2.24, 2.45) is 0 Å². The summed E-state index contributed by atoms with van der Waals surface area (Å²) in [5.74, 6) is 0. The van der Waals surface area contributed by atoms with Crippen molar-refractivity contribution in [2.75, 3.05) is 0 Å². The van der Waals surface area contributed by atoms with Crippen LogP contribution in [0.3, 0.4) is 0 Å². The van der Waals surface area contributed by atoms with E-state index in [2.05, 4.69) is 36.9 Å². The highest BCUT2D eigenvalue weighted by molar-refractivity contribution is 8.23. The predicted octanol–water partition coefficient (Wildman–Crippen LogP) is 1.87. The molecule has 0 amide bonds. The average Bonchev–Trinajstić information content (AvgIpc) is 1.25. The first kappa shape index (κ1) is 11.0. The highest BCUT2D eigenvalue weighted by Gasteiger charge is 1.71. The summed E-state index contributed by atoms with van der Waals surface area (Å²) in [6.07, 6.45) is 0. The van der Waals surface area contributed by atoms with E-state index in [0.29, 0.717) is 0 Å². The van der Waals surface area contributed by atoms with E-state index < -0.39 is 9.88 Å². The van der Waals surface area contributed by atoms with Crippen LogP contribution in [0.2, 0.25) is 0 Å². The van der Waals surface area contributed by atoms with Crippen molar-refractivity contribution in [3.63, 3.8) is 0 Å². The first-order valence-electron chi connectivity index (χ1n) is 1.27. The minimum Gasteiger partial charge on any atom is -0.469 e. The molecule has 8 heavy (non-hydrogen) atoms. The summed E-state index contributed by atoms with van der Waals surface area (Å²) in [6.45, 7) is 0. The number of carbonyl (C=O) groups excluding carboxylic acids is 1.